The van der Waals surface area contributed by atoms with E-state index in [1.54, 1.807) is 35.2 Å². The molecular formula is C18H19NO4S. The largest absolute Gasteiger partial charge is 0.480 e. The molecule has 0 bridgehead atoms. The molecule has 1 fully saturated rings. The number of carbonyl (C=O) groups is 1. The summed E-state index contributed by atoms with van der Waals surface area (Å²) in [6.07, 6.45) is 0.111. The first-order valence-electron chi connectivity index (χ1n) is 7.78. The van der Waals surface area contributed by atoms with E-state index in [1.165, 1.54) is 0 Å². The lowest BCUT2D eigenvalue weighted by Gasteiger charge is -2.20. The quantitative estimate of drug-likeness (QED) is 0.899. The Balaban J connectivity index is 1.84. The van der Waals surface area contributed by atoms with E-state index in [0.717, 1.165) is 5.56 Å². The topological polar surface area (TPSA) is 74.7 Å². The molecule has 1 aliphatic heterocycles. The number of hydrogen-bond acceptors (Lipinski definition) is 4. The molecule has 0 aliphatic carbocycles. The predicted octanol–water partition coefficient (Wildman–Crippen LogP) is 2.19. The molecule has 0 aromatic heterocycles. The summed E-state index contributed by atoms with van der Waals surface area (Å²) < 4.78 is 25.6. The van der Waals surface area contributed by atoms with Crippen molar-refractivity contribution < 1.29 is 18.3 Å². The van der Waals surface area contributed by atoms with Crippen LogP contribution in [-0.2, 0) is 21.2 Å². The van der Waals surface area contributed by atoms with Crippen LogP contribution in [0.25, 0.3) is 0 Å². The summed E-state index contributed by atoms with van der Waals surface area (Å²) in [7, 11) is -3.54. The van der Waals surface area contributed by atoms with Crippen molar-refractivity contribution in [3.05, 3.63) is 66.2 Å². The number of hydrogen-bond donors (Lipinski definition) is 1. The molecule has 1 saturated heterocycles. The van der Waals surface area contributed by atoms with Crippen molar-refractivity contribution >= 4 is 15.8 Å². The third-order valence-corrected chi connectivity index (χ3v) is 6.54. The zero-order valence-corrected chi connectivity index (χ0v) is 13.9. The van der Waals surface area contributed by atoms with E-state index in [0.29, 0.717) is 6.54 Å². The van der Waals surface area contributed by atoms with Gasteiger partial charge in [-0.2, -0.15) is 0 Å². The summed E-state index contributed by atoms with van der Waals surface area (Å²) in [5, 5.41) is 8.78. The van der Waals surface area contributed by atoms with Crippen LogP contribution in [0.1, 0.15) is 12.0 Å². The lowest BCUT2D eigenvalue weighted by Crippen LogP contribution is -2.35. The first-order chi connectivity index (χ1) is 11.5. The van der Waals surface area contributed by atoms with E-state index in [4.69, 9.17) is 0 Å². The maximum Gasteiger partial charge on any atom is 0.320 e. The molecule has 0 unspecified atom stereocenters. The minimum absolute atomic E-state index is 0.111. The van der Waals surface area contributed by atoms with Gasteiger partial charge in [0, 0.05) is 13.1 Å². The van der Waals surface area contributed by atoms with E-state index >= 15 is 0 Å². The van der Waals surface area contributed by atoms with Crippen molar-refractivity contribution in [1.29, 1.82) is 0 Å². The van der Waals surface area contributed by atoms with Crippen molar-refractivity contribution in [3.8, 4) is 0 Å². The Kier molecular flexibility index (Phi) is 4.69. The van der Waals surface area contributed by atoms with Crippen LogP contribution < -0.4 is 0 Å². The highest BCUT2D eigenvalue weighted by atomic mass is 32.2. The summed E-state index contributed by atoms with van der Waals surface area (Å²) in [6, 6.07) is 17.0. The first kappa shape index (κ1) is 16.7. The van der Waals surface area contributed by atoms with E-state index in [-0.39, 0.29) is 17.9 Å². The van der Waals surface area contributed by atoms with Crippen LogP contribution in [0, 0.1) is 0 Å². The van der Waals surface area contributed by atoms with Gasteiger partial charge in [0.15, 0.2) is 9.84 Å². The van der Waals surface area contributed by atoms with Gasteiger partial charge in [0.2, 0.25) is 0 Å². The Hall–Kier alpha value is -2.18. The van der Waals surface area contributed by atoms with Crippen molar-refractivity contribution in [1.82, 2.24) is 4.90 Å². The van der Waals surface area contributed by atoms with Crippen LogP contribution in [0.5, 0.6) is 0 Å². The van der Waals surface area contributed by atoms with E-state index in [1.807, 2.05) is 30.3 Å². The number of benzene rings is 2. The second-order valence-electron chi connectivity index (χ2n) is 5.98. The van der Waals surface area contributed by atoms with Gasteiger partial charge in [-0.25, -0.2) is 8.42 Å². The number of likely N-dealkylation sites (tertiary alicyclic amines) is 1. The van der Waals surface area contributed by atoms with Crippen LogP contribution >= 0.6 is 0 Å². The minimum atomic E-state index is -3.54. The zero-order valence-electron chi connectivity index (χ0n) is 13.1. The standard InChI is InChI=1S/C18H19NO4S/c20-18(21)17-11-16(24(22,23)15-9-5-2-6-10-15)13-19(17)12-14-7-3-1-4-8-14/h1-10,16-17H,11-13H2,(H,20,21)/t16-,17+/m1/s1. The Morgan fingerprint density at radius 3 is 2.21 bits per heavy atom. The monoisotopic (exact) mass is 345 g/mol. The fraction of sp³-hybridized carbons (Fsp3) is 0.278. The van der Waals surface area contributed by atoms with Crippen molar-refractivity contribution in [2.24, 2.45) is 0 Å². The van der Waals surface area contributed by atoms with Crippen LogP contribution in [0.4, 0.5) is 0 Å². The van der Waals surface area contributed by atoms with Gasteiger partial charge in [-0.1, -0.05) is 48.5 Å². The highest BCUT2D eigenvalue weighted by Crippen LogP contribution is 2.29. The second-order valence-corrected chi connectivity index (χ2v) is 8.21. The molecular weight excluding hydrogens is 326 g/mol. The molecule has 0 amide bonds. The number of rotatable bonds is 5. The molecule has 3 rings (SSSR count). The van der Waals surface area contributed by atoms with Gasteiger partial charge in [-0.05, 0) is 24.1 Å². The van der Waals surface area contributed by atoms with Crippen molar-refractivity contribution in [3.63, 3.8) is 0 Å². The summed E-state index contributed by atoms with van der Waals surface area (Å²) in [5.41, 5.74) is 0.974. The Morgan fingerprint density at radius 2 is 1.62 bits per heavy atom. The molecule has 2 aromatic carbocycles. The molecule has 126 valence electrons. The van der Waals surface area contributed by atoms with Gasteiger partial charge in [-0.15, -0.1) is 0 Å². The molecule has 0 radical (unpaired) electrons. The third-order valence-electron chi connectivity index (χ3n) is 4.39. The van der Waals surface area contributed by atoms with Crippen LogP contribution in [0.2, 0.25) is 0 Å². The average molecular weight is 345 g/mol. The van der Waals surface area contributed by atoms with E-state index in [9.17, 15) is 18.3 Å². The lowest BCUT2D eigenvalue weighted by molar-refractivity contribution is -0.142. The van der Waals surface area contributed by atoms with Gasteiger partial charge < -0.3 is 5.11 Å². The summed E-state index contributed by atoms with van der Waals surface area (Å²) in [6.45, 7) is 0.654. The van der Waals surface area contributed by atoms with Crippen LogP contribution in [0.3, 0.4) is 0 Å². The van der Waals surface area contributed by atoms with Gasteiger partial charge in [0.05, 0.1) is 10.1 Å². The minimum Gasteiger partial charge on any atom is -0.480 e. The number of carboxylic acid groups (broad SMARTS) is 1. The SMILES string of the molecule is O=C(O)[C@@H]1C[C@@H](S(=O)(=O)c2ccccc2)CN1Cc1ccccc1. The maximum atomic E-state index is 12.8. The lowest BCUT2D eigenvalue weighted by atomic mass is 10.2. The molecule has 24 heavy (non-hydrogen) atoms. The van der Waals surface area contributed by atoms with Crippen molar-refractivity contribution in [2.75, 3.05) is 6.54 Å². The predicted molar refractivity (Wildman–Crippen MR) is 90.3 cm³/mol. The summed E-state index contributed by atoms with van der Waals surface area (Å²) >= 11 is 0. The van der Waals surface area contributed by atoms with Crippen LogP contribution in [0.15, 0.2) is 65.6 Å². The normalized spacial score (nSPS) is 21.7. The molecule has 1 N–H and O–H groups in total. The molecule has 2 aromatic rings. The van der Waals surface area contributed by atoms with Crippen LogP contribution in [-0.4, -0.2) is 42.2 Å². The van der Waals surface area contributed by atoms with Gasteiger partial charge in [-0.3, -0.25) is 9.69 Å². The maximum absolute atomic E-state index is 12.8. The number of carboxylic acids is 1. The third kappa shape index (κ3) is 3.34. The Labute approximate surface area is 141 Å². The Bertz CT molecular complexity index is 805. The summed E-state index contributed by atoms with van der Waals surface area (Å²) in [4.78, 5) is 13.6. The van der Waals surface area contributed by atoms with Gasteiger partial charge in [0.1, 0.15) is 6.04 Å². The number of nitrogens with zero attached hydrogens (tertiary/aromatic N) is 1. The molecule has 6 heteroatoms. The molecule has 0 spiro atoms. The van der Waals surface area contributed by atoms with E-state index in [2.05, 4.69) is 0 Å². The molecule has 1 aliphatic rings. The molecule has 5 nitrogen and oxygen atoms in total. The fourth-order valence-electron chi connectivity index (χ4n) is 3.14. The fourth-order valence-corrected chi connectivity index (χ4v) is 4.88. The highest BCUT2D eigenvalue weighted by Gasteiger charge is 2.43. The van der Waals surface area contributed by atoms with Gasteiger partial charge >= 0.3 is 5.97 Å². The number of sulfone groups is 1. The molecule has 1 heterocycles. The number of aliphatic carboxylic acids is 1. The summed E-state index contributed by atoms with van der Waals surface area (Å²) in [5.74, 6) is -0.975. The second kappa shape index (κ2) is 6.75. The Morgan fingerprint density at radius 1 is 1.04 bits per heavy atom. The first-order valence-corrected chi connectivity index (χ1v) is 9.33. The van der Waals surface area contributed by atoms with Gasteiger partial charge in [0.25, 0.3) is 0 Å². The zero-order chi connectivity index (χ0) is 17.2. The smallest absolute Gasteiger partial charge is 0.320 e. The molecule has 0 saturated carbocycles. The molecule has 2 atom stereocenters. The van der Waals surface area contributed by atoms with Crippen molar-refractivity contribution in [2.45, 2.75) is 29.2 Å². The average Bonchev–Trinajstić information content (AvgIpc) is 3.01. The van der Waals surface area contributed by atoms with E-state index < -0.39 is 27.1 Å². The highest BCUT2D eigenvalue weighted by molar-refractivity contribution is 7.92.